The first-order valence-corrected chi connectivity index (χ1v) is 8.58. The number of nitrogens with one attached hydrogen (secondary N) is 1. The average Bonchev–Trinajstić information content (AvgIpc) is 2.56. The Morgan fingerprint density at radius 2 is 2.12 bits per heavy atom. The van der Waals surface area contributed by atoms with E-state index in [4.69, 9.17) is 11.5 Å². The first kappa shape index (κ1) is 19.9. The topological polar surface area (TPSA) is 141 Å². The molecule has 0 aliphatic rings. The van der Waals surface area contributed by atoms with Crippen molar-refractivity contribution in [1.82, 2.24) is 5.32 Å². The Hall–Kier alpha value is -2.13. The van der Waals surface area contributed by atoms with Crippen LogP contribution in [-0.4, -0.2) is 35.1 Å². The van der Waals surface area contributed by atoms with Crippen molar-refractivity contribution < 1.29 is 14.5 Å². The van der Waals surface area contributed by atoms with Crippen LogP contribution in [0.3, 0.4) is 0 Å². The number of amides is 2. The van der Waals surface area contributed by atoms with E-state index in [0.29, 0.717) is 11.4 Å². The number of benzene rings is 1. The lowest BCUT2D eigenvalue weighted by Gasteiger charge is -2.16. The molecule has 2 amide bonds. The minimum atomic E-state index is -0.742. The molecule has 0 fully saturated rings. The quantitative estimate of drug-likeness (QED) is 0.329. The lowest BCUT2D eigenvalue weighted by Crippen LogP contribution is -2.41. The summed E-state index contributed by atoms with van der Waals surface area (Å²) < 4.78 is 0. The van der Waals surface area contributed by atoms with Crippen molar-refractivity contribution in [3.8, 4) is 0 Å². The molecule has 1 aromatic carbocycles. The van der Waals surface area contributed by atoms with E-state index in [1.165, 1.54) is 12.1 Å². The number of carbonyl (C=O) groups is 2. The number of nitrogens with zero attached hydrogens (tertiary/aromatic N) is 1. The maximum atomic E-state index is 12.0. The van der Waals surface area contributed by atoms with Crippen LogP contribution in [0.5, 0.6) is 0 Å². The number of thioether (sulfide) groups is 1. The van der Waals surface area contributed by atoms with Gasteiger partial charge in [0.15, 0.2) is 0 Å². The molecule has 0 bridgehead atoms. The lowest BCUT2D eigenvalue weighted by atomic mass is 10.1. The Bertz CT molecular complexity index is 609. The Labute approximate surface area is 144 Å². The zero-order chi connectivity index (χ0) is 18.1. The van der Waals surface area contributed by atoms with Crippen molar-refractivity contribution >= 4 is 29.3 Å². The van der Waals surface area contributed by atoms with Crippen LogP contribution in [-0.2, 0) is 4.79 Å². The monoisotopic (exact) mass is 354 g/mol. The van der Waals surface area contributed by atoms with Gasteiger partial charge in [0.05, 0.1) is 15.6 Å². The number of rotatable bonds is 10. The first-order chi connectivity index (χ1) is 11.4. The van der Waals surface area contributed by atoms with Gasteiger partial charge in [-0.05, 0) is 18.6 Å². The van der Waals surface area contributed by atoms with Gasteiger partial charge in [0.1, 0.15) is 0 Å². The molecule has 1 atom stereocenters. The van der Waals surface area contributed by atoms with Crippen LogP contribution >= 0.6 is 11.8 Å². The summed E-state index contributed by atoms with van der Waals surface area (Å²) in [6, 6.07) is 3.85. The largest absolute Gasteiger partial charge is 0.366 e. The summed E-state index contributed by atoms with van der Waals surface area (Å²) in [6.45, 7) is 2.41. The summed E-state index contributed by atoms with van der Waals surface area (Å²) in [6.07, 6.45) is 2.78. The second kappa shape index (κ2) is 9.89. The highest BCUT2D eigenvalue weighted by Gasteiger charge is 2.18. The van der Waals surface area contributed by atoms with Crippen molar-refractivity contribution in [3.63, 3.8) is 0 Å². The molecule has 5 N–H and O–H groups in total. The maximum Gasteiger partial charge on any atom is 0.283 e. The highest BCUT2D eigenvalue weighted by molar-refractivity contribution is 8.00. The molecule has 0 heterocycles. The lowest BCUT2D eigenvalue weighted by molar-refractivity contribution is -0.387. The van der Waals surface area contributed by atoms with E-state index in [-0.39, 0.29) is 29.0 Å². The molecule has 24 heavy (non-hydrogen) atoms. The predicted octanol–water partition coefficient (Wildman–Crippen LogP) is 1.42. The molecule has 0 saturated heterocycles. The number of hydrogen-bond acceptors (Lipinski definition) is 6. The summed E-state index contributed by atoms with van der Waals surface area (Å²) in [5.74, 6) is -0.951. The summed E-state index contributed by atoms with van der Waals surface area (Å²) >= 11 is 1.03. The minimum absolute atomic E-state index is 0.0272. The third kappa shape index (κ3) is 6.17. The average molecular weight is 354 g/mol. The van der Waals surface area contributed by atoms with Crippen LogP contribution < -0.4 is 16.8 Å². The van der Waals surface area contributed by atoms with Gasteiger partial charge in [0.25, 0.3) is 5.69 Å². The molecule has 1 aromatic rings. The Morgan fingerprint density at radius 1 is 1.42 bits per heavy atom. The predicted molar refractivity (Wildman–Crippen MR) is 92.8 cm³/mol. The van der Waals surface area contributed by atoms with Crippen molar-refractivity contribution in [2.24, 2.45) is 11.5 Å². The standard InChI is InChI=1S/C15H22N4O4S/c1-2-3-4-11(8-16)18-14(20)9-24-13-6-5-10(15(17)21)7-12(13)19(22)23/h5-7,11H,2-4,8-9,16H2,1H3,(H2,17,21)(H,18,20). The number of nitro groups is 1. The molecule has 132 valence electrons. The van der Waals surface area contributed by atoms with Gasteiger partial charge in [-0.25, -0.2) is 0 Å². The normalized spacial score (nSPS) is 11.8. The number of hydrogen-bond donors (Lipinski definition) is 3. The van der Waals surface area contributed by atoms with Gasteiger partial charge in [-0.15, -0.1) is 11.8 Å². The Balaban J connectivity index is 2.70. The molecule has 0 radical (unpaired) electrons. The van der Waals surface area contributed by atoms with Crippen LogP contribution in [0.2, 0.25) is 0 Å². The smallest absolute Gasteiger partial charge is 0.283 e. The third-order valence-electron chi connectivity index (χ3n) is 3.35. The van der Waals surface area contributed by atoms with Crippen LogP contribution in [0.1, 0.15) is 36.5 Å². The molecular formula is C15H22N4O4S. The van der Waals surface area contributed by atoms with E-state index in [1.807, 2.05) is 0 Å². The molecule has 0 aromatic heterocycles. The molecule has 0 aliphatic carbocycles. The van der Waals surface area contributed by atoms with Crippen LogP contribution in [0, 0.1) is 10.1 Å². The highest BCUT2D eigenvalue weighted by Crippen LogP contribution is 2.29. The number of nitro benzene ring substituents is 1. The van der Waals surface area contributed by atoms with E-state index >= 15 is 0 Å². The Morgan fingerprint density at radius 3 is 2.67 bits per heavy atom. The molecule has 0 saturated carbocycles. The first-order valence-electron chi connectivity index (χ1n) is 7.59. The molecule has 1 rings (SSSR count). The molecule has 0 spiro atoms. The number of nitrogens with two attached hydrogens (primary N) is 2. The molecular weight excluding hydrogens is 332 g/mol. The SMILES string of the molecule is CCCCC(CN)NC(=O)CSc1ccc(C(N)=O)cc1[N+](=O)[O-]. The van der Waals surface area contributed by atoms with Crippen molar-refractivity contribution in [3.05, 3.63) is 33.9 Å². The maximum absolute atomic E-state index is 12.0. The number of primary amides is 1. The number of carbonyl (C=O) groups excluding carboxylic acids is 2. The van der Waals surface area contributed by atoms with Gasteiger partial charge >= 0.3 is 0 Å². The van der Waals surface area contributed by atoms with E-state index in [9.17, 15) is 19.7 Å². The van der Waals surface area contributed by atoms with Gasteiger partial charge in [-0.2, -0.15) is 0 Å². The fourth-order valence-electron chi connectivity index (χ4n) is 2.05. The van der Waals surface area contributed by atoms with Gasteiger partial charge < -0.3 is 16.8 Å². The summed E-state index contributed by atoms with van der Waals surface area (Å²) in [5, 5.41) is 13.9. The van der Waals surface area contributed by atoms with E-state index < -0.39 is 10.8 Å². The van der Waals surface area contributed by atoms with E-state index in [2.05, 4.69) is 12.2 Å². The van der Waals surface area contributed by atoms with Crippen molar-refractivity contribution in [1.29, 1.82) is 0 Å². The van der Waals surface area contributed by atoms with Crippen LogP contribution in [0.4, 0.5) is 5.69 Å². The van der Waals surface area contributed by atoms with Crippen molar-refractivity contribution in [2.75, 3.05) is 12.3 Å². The third-order valence-corrected chi connectivity index (χ3v) is 4.42. The highest BCUT2D eigenvalue weighted by atomic mass is 32.2. The van der Waals surface area contributed by atoms with E-state index in [0.717, 1.165) is 37.1 Å². The second-order valence-corrected chi connectivity index (χ2v) is 6.25. The fraction of sp³-hybridized carbons (Fsp3) is 0.467. The second-order valence-electron chi connectivity index (χ2n) is 5.23. The molecule has 0 aliphatic heterocycles. The molecule has 1 unspecified atom stereocenters. The fourth-order valence-corrected chi connectivity index (χ4v) is 2.86. The van der Waals surface area contributed by atoms with Gasteiger partial charge in [0.2, 0.25) is 11.8 Å². The zero-order valence-electron chi connectivity index (χ0n) is 13.5. The van der Waals surface area contributed by atoms with Crippen LogP contribution in [0.15, 0.2) is 23.1 Å². The molecule has 8 nitrogen and oxygen atoms in total. The van der Waals surface area contributed by atoms with Crippen LogP contribution in [0.25, 0.3) is 0 Å². The van der Waals surface area contributed by atoms with Gasteiger partial charge in [-0.1, -0.05) is 19.8 Å². The summed E-state index contributed by atoms with van der Waals surface area (Å²) in [5.41, 5.74) is 10.6. The number of unbranched alkanes of at least 4 members (excludes halogenated alkanes) is 1. The summed E-state index contributed by atoms with van der Waals surface area (Å²) in [4.78, 5) is 33.9. The van der Waals surface area contributed by atoms with Gasteiger partial charge in [-0.3, -0.25) is 19.7 Å². The van der Waals surface area contributed by atoms with E-state index in [1.54, 1.807) is 0 Å². The summed E-state index contributed by atoms with van der Waals surface area (Å²) in [7, 11) is 0. The Kier molecular flexibility index (Phi) is 8.20. The zero-order valence-corrected chi connectivity index (χ0v) is 14.3. The molecule has 9 heteroatoms. The van der Waals surface area contributed by atoms with Gasteiger partial charge in [0, 0.05) is 24.2 Å². The van der Waals surface area contributed by atoms with Crippen molar-refractivity contribution in [2.45, 2.75) is 37.1 Å². The minimum Gasteiger partial charge on any atom is -0.366 e.